The van der Waals surface area contributed by atoms with Crippen LogP contribution >= 0.6 is 23.2 Å². The monoisotopic (exact) mass is 383 g/mol. The van der Waals surface area contributed by atoms with Gasteiger partial charge in [-0.2, -0.15) is 0 Å². The summed E-state index contributed by atoms with van der Waals surface area (Å²) in [5.41, 5.74) is 3.29. The van der Waals surface area contributed by atoms with Gasteiger partial charge in [-0.3, -0.25) is 4.79 Å². The summed E-state index contributed by atoms with van der Waals surface area (Å²) < 4.78 is 5.73. The topological polar surface area (TPSA) is 68.0 Å². The molecule has 2 aromatic carbocycles. The first-order valence-corrected chi connectivity index (χ1v) is 8.44. The SMILES string of the molecule is O=C(Nc1ccc(-c2nc3ccccc3o2)cc1)c1cnc(Cl)c(Cl)c1. The van der Waals surface area contributed by atoms with Crippen LogP contribution in [0.3, 0.4) is 0 Å². The zero-order chi connectivity index (χ0) is 18.1. The Morgan fingerprint density at radius 1 is 1.04 bits per heavy atom. The second kappa shape index (κ2) is 6.78. The number of benzene rings is 2. The van der Waals surface area contributed by atoms with Crippen LogP contribution < -0.4 is 5.32 Å². The molecule has 0 saturated carbocycles. The molecule has 0 saturated heterocycles. The lowest BCUT2D eigenvalue weighted by Gasteiger charge is -2.06. The van der Waals surface area contributed by atoms with E-state index < -0.39 is 0 Å². The van der Waals surface area contributed by atoms with Crippen LogP contribution in [0.2, 0.25) is 10.2 Å². The van der Waals surface area contributed by atoms with Gasteiger partial charge >= 0.3 is 0 Å². The lowest BCUT2D eigenvalue weighted by atomic mass is 10.2. The molecule has 0 radical (unpaired) electrons. The van der Waals surface area contributed by atoms with Crippen LogP contribution in [-0.4, -0.2) is 15.9 Å². The molecule has 0 atom stereocenters. The summed E-state index contributed by atoms with van der Waals surface area (Å²) >= 11 is 11.7. The van der Waals surface area contributed by atoms with E-state index in [2.05, 4.69) is 15.3 Å². The first-order chi connectivity index (χ1) is 12.6. The van der Waals surface area contributed by atoms with Gasteiger partial charge in [-0.25, -0.2) is 9.97 Å². The molecule has 2 aromatic heterocycles. The van der Waals surface area contributed by atoms with Crippen LogP contribution in [0.25, 0.3) is 22.6 Å². The van der Waals surface area contributed by atoms with E-state index in [-0.39, 0.29) is 16.1 Å². The number of nitrogens with zero attached hydrogens (tertiary/aromatic N) is 2. The highest BCUT2D eigenvalue weighted by Gasteiger charge is 2.11. The number of nitrogens with one attached hydrogen (secondary N) is 1. The third kappa shape index (κ3) is 3.27. The Labute approximate surface area is 158 Å². The predicted octanol–water partition coefficient (Wildman–Crippen LogP) is 5.45. The van der Waals surface area contributed by atoms with Crippen molar-refractivity contribution in [2.45, 2.75) is 0 Å². The number of oxazole rings is 1. The zero-order valence-electron chi connectivity index (χ0n) is 13.2. The Bertz CT molecular complexity index is 1070. The molecular formula is C19H11Cl2N3O2. The highest BCUT2D eigenvalue weighted by molar-refractivity contribution is 6.41. The molecule has 4 rings (SSSR count). The zero-order valence-corrected chi connectivity index (χ0v) is 14.8. The van der Waals surface area contributed by atoms with Gasteiger partial charge in [0.15, 0.2) is 5.58 Å². The summed E-state index contributed by atoms with van der Waals surface area (Å²) in [5, 5.41) is 3.16. The Morgan fingerprint density at radius 2 is 1.81 bits per heavy atom. The van der Waals surface area contributed by atoms with Gasteiger partial charge in [-0.05, 0) is 42.5 Å². The van der Waals surface area contributed by atoms with Crippen LogP contribution in [0, 0.1) is 0 Å². The van der Waals surface area contributed by atoms with Gasteiger partial charge in [0, 0.05) is 17.4 Å². The largest absolute Gasteiger partial charge is 0.436 e. The average Bonchev–Trinajstić information content (AvgIpc) is 3.08. The maximum Gasteiger partial charge on any atom is 0.257 e. The van der Waals surface area contributed by atoms with Crippen molar-refractivity contribution in [1.29, 1.82) is 0 Å². The van der Waals surface area contributed by atoms with E-state index in [4.69, 9.17) is 27.6 Å². The fraction of sp³-hybridized carbons (Fsp3) is 0. The van der Waals surface area contributed by atoms with E-state index >= 15 is 0 Å². The van der Waals surface area contributed by atoms with E-state index in [0.29, 0.717) is 17.1 Å². The number of halogens is 2. The molecule has 2 heterocycles. The summed E-state index contributed by atoms with van der Waals surface area (Å²) in [6, 6.07) is 16.2. The minimum absolute atomic E-state index is 0.158. The standard InChI is InChI=1S/C19H11Cl2N3O2/c20-14-9-12(10-22-17(14)21)18(25)23-13-7-5-11(6-8-13)19-24-15-3-1-2-4-16(15)26-19/h1-10H,(H,23,25). The number of hydrogen-bond donors (Lipinski definition) is 1. The number of fused-ring (bicyclic) bond motifs is 1. The smallest absolute Gasteiger partial charge is 0.257 e. The number of pyridine rings is 1. The molecule has 7 heteroatoms. The quantitative estimate of drug-likeness (QED) is 0.477. The van der Waals surface area contributed by atoms with Crippen molar-refractivity contribution < 1.29 is 9.21 Å². The highest BCUT2D eigenvalue weighted by atomic mass is 35.5. The van der Waals surface area contributed by atoms with Crippen LogP contribution in [0.15, 0.2) is 65.2 Å². The van der Waals surface area contributed by atoms with Crippen molar-refractivity contribution >= 4 is 45.9 Å². The fourth-order valence-corrected chi connectivity index (χ4v) is 2.71. The van der Waals surface area contributed by atoms with Gasteiger partial charge in [-0.15, -0.1) is 0 Å². The second-order valence-corrected chi connectivity index (χ2v) is 6.28. The van der Waals surface area contributed by atoms with Crippen LogP contribution in [0.1, 0.15) is 10.4 Å². The van der Waals surface area contributed by atoms with E-state index in [9.17, 15) is 4.79 Å². The average molecular weight is 384 g/mol. The van der Waals surface area contributed by atoms with Crippen molar-refractivity contribution in [1.82, 2.24) is 9.97 Å². The predicted molar refractivity (Wildman–Crippen MR) is 102 cm³/mol. The molecule has 1 N–H and O–H groups in total. The molecule has 4 aromatic rings. The Balaban J connectivity index is 1.53. The minimum Gasteiger partial charge on any atom is -0.436 e. The maximum atomic E-state index is 12.3. The van der Waals surface area contributed by atoms with Crippen molar-refractivity contribution in [3.8, 4) is 11.5 Å². The fourth-order valence-electron chi connectivity index (χ4n) is 2.44. The third-order valence-corrected chi connectivity index (χ3v) is 4.43. The number of para-hydroxylation sites is 2. The Kier molecular flexibility index (Phi) is 4.32. The van der Waals surface area contributed by atoms with Gasteiger partial charge in [0.2, 0.25) is 5.89 Å². The molecule has 0 unspecified atom stereocenters. The summed E-state index contributed by atoms with van der Waals surface area (Å²) in [4.78, 5) is 20.6. The summed E-state index contributed by atoms with van der Waals surface area (Å²) in [6.07, 6.45) is 1.37. The normalized spacial score (nSPS) is 10.8. The highest BCUT2D eigenvalue weighted by Crippen LogP contribution is 2.25. The lowest BCUT2D eigenvalue weighted by Crippen LogP contribution is -2.12. The number of amides is 1. The summed E-state index contributed by atoms with van der Waals surface area (Å²) in [7, 11) is 0. The molecular weight excluding hydrogens is 373 g/mol. The molecule has 0 spiro atoms. The number of carbonyl (C=O) groups excluding carboxylic acids is 1. The molecule has 5 nitrogen and oxygen atoms in total. The maximum absolute atomic E-state index is 12.3. The van der Waals surface area contributed by atoms with Crippen LogP contribution in [0.5, 0.6) is 0 Å². The molecule has 0 aliphatic heterocycles. The van der Waals surface area contributed by atoms with E-state index in [0.717, 1.165) is 16.7 Å². The molecule has 26 heavy (non-hydrogen) atoms. The minimum atomic E-state index is -0.328. The number of anilines is 1. The Morgan fingerprint density at radius 3 is 2.54 bits per heavy atom. The number of aromatic nitrogens is 2. The second-order valence-electron chi connectivity index (χ2n) is 5.51. The number of hydrogen-bond acceptors (Lipinski definition) is 4. The van der Waals surface area contributed by atoms with Gasteiger partial charge in [0.05, 0.1) is 10.6 Å². The molecule has 0 aliphatic carbocycles. The first-order valence-electron chi connectivity index (χ1n) is 7.68. The summed E-state index contributed by atoms with van der Waals surface area (Å²) in [5.74, 6) is 0.198. The number of carbonyl (C=O) groups is 1. The molecule has 0 bridgehead atoms. The van der Waals surface area contributed by atoms with Crippen LogP contribution in [-0.2, 0) is 0 Å². The van der Waals surface area contributed by atoms with Gasteiger partial charge in [0.1, 0.15) is 10.7 Å². The first kappa shape index (κ1) is 16.6. The van der Waals surface area contributed by atoms with Gasteiger partial charge in [-0.1, -0.05) is 35.3 Å². The van der Waals surface area contributed by atoms with E-state index in [1.807, 2.05) is 36.4 Å². The molecule has 0 fully saturated rings. The van der Waals surface area contributed by atoms with Crippen molar-refractivity contribution in [2.75, 3.05) is 5.32 Å². The number of rotatable bonds is 3. The van der Waals surface area contributed by atoms with Gasteiger partial charge in [0.25, 0.3) is 5.91 Å². The van der Waals surface area contributed by atoms with Crippen molar-refractivity contribution in [3.05, 3.63) is 76.5 Å². The van der Waals surface area contributed by atoms with E-state index in [1.165, 1.54) is 12.3 Å². The lowest BCUT2D eigenvalue weighted by molar-refractivity contribution is 0.102. The van der Waals surface area contributed by atoms with Crippen molar-refractivity contribution in [3.63, 3.8) is 0 Å². The molecule has 128 valence electrons. The van der Waals surface area contributed by atoms with Crippen molar-refractivity contribution in [2.24, 2.45) is 0 Å². The van der Waals surface area contributed by atoms with E-state index in [1.54, 1.807) is 12.1 Å². The van der Waals surface area contributed by atoms with Gasteiger partial charge < -0.3 is 9.73 Å². The third-order valence-electron chi connectivity index (χ3n) is 3.74. The molecule has 0 aliphatic rings. The van der Waals surface area contributed by atoms with Crippen LogP contribution in [0.4, 0.5) is 5.69 Å². The molecule has 1 amide bonds. The summed E-state index contributed by atoms with van der Waals surface area (Å²) in [6.45, 7) is 0. The Hall–Kier alpha value is -2.89.